The summed E-state index contributed by atoms with van der Waals surface area (Å²) in [6, 6.07) is 4.23. The smallest absolute Gasteiger partial charge is 0.190 e. The van der Waals surface area contributed by atoms with Crippen LogP contribution in [0.1, 0.15) is 5.69 Å². The molecule has 0 radical (unpaired) electrons. The van der Waals surface area contributed by atoms with E-state index >= 15 is 0 Å². The highest BCUT2D eigenvalue weighted by Gasteiger charge is 2.09. The summed E-state index contributed by atoms with van der Waals surface area (Å²) in [5, 5.41) is 0.319. The third-order valence-electron chi connectivity index (χ3n) is 2.24. The minimum atomic E-state index is -0.451. The molecule has 0 atom stereocenters. The van der Waals surface area contributed by atoms with Crippen LogP contribution in [-0.4, -0.2) is 12.1 Å². The van der Waals surface area contributed by atoms with E-state index in [1.807, 2.05) is 0 Å². The normalized spacial score (nSPS) is 10.9. The summed E-state index contributed by atoms with van der Waals surface area (Å²) >= 11 is 3.23. The molecule has 1 aromatic carbocycles. The molecule has 1 aromatic heterocycles. The van der Waals surface area contributed by atoms with E-state index in [-0.39, 0.29) is 17.6 Å². The van der Waals surface area contributed by atoms with Crippen molar-refractivity contribution in [2.45, 2.75) is 6.61 Å². The van der Waals surface area contributed by atoms with Crippen molar-refractivity contribution in [3.63, 3.8) is 0 Å². The molecule has 0 unspecified atom stereocenters. The van der Waals surface area contributed by atoms with Crippen LogP contribution in [0.2, 0.25) is 0 Å². The summed E-state index contributed by atoms with van der Waals surface area (Å²) in [6.07, 6.45) is 0. The van der Waals surface area contributed by atoms with Crippen LogP contribution in [0.15, 0.2) is 27.5 Å². The van der Waals surface area contributed by atoms with Crippen molar-refractivity contribution in [2.75, 3.05) is 7.11 Å². The molecule has 2 rings (SSSR count). The maximum Gasteiger partial charge on any atom is 0.190 e. The fourth-order valence-electron chi connectivity index (χ4n) is 1.58. The number of pyridine rings is 1. The molecule has 0 saturated carbocycles. The number of aromatic nitrogens is 1. The standard InChI is InChI=1S/C11H9BrFNO2/c1-16-5-6-4-9(15)10-7(12)2-3-8(13)11(10)14-6/h2-4H,5H2,1H3,(H,14,15). The second-order valence-corrected chi connectivity index (χ2v) is 4.23. The lowest BCUT2D eigenvalue weighted by molar-refractivity contribution is 0.181. The highest BCUT2D eigenvalue weighted by Crippen LogP contribution is 2.22. The molecule has 0 aliphatic carbocycles. The summed E-state index contributed by atoms with van der Waals surface area (Å²) in [7, 11) is 1.51. The first-order valence-corrected chi connectivity index (χ1v) is 5.41. The Morgan fingerprint density at radius 1 is 1.50 bits per heavy atom. The molecule has 1 N–H and O–H groups in total. The number of fused-ring (bicyclic) bond motifs is 1. The molecule has 0 saturated heterocycles. The summed E-state index contributed by atoms with van der Waals surface area (Å²) in [6.45, 7) is 0.247. The molecule has 3 nitrogen and oxygen atoms in total. The summed E-state index contributed by atoms with van der Waals surface area (Å²) in [4.78, 5) is 14.6. The zero-order valence-electron chi connectivity index (χ0n) is 8.51. The summed E-state index contributed by atoms with van der Waals surface area (Å²) in [5.41, 5.74) is 0.526. The zero-order valence-corrected chi connectivity index (χ0v) is 10.1. The number of H-pyrrole nitrogens is 1. The van der Waals surface area contributed by atoms with Crippen molar-refractivity contribution in [3.8, 4) is 0 Å². The van der Waals surface area contributed by atoms with Crippen molar-refractivity contribution in [1.82, 2.24) is 4.98 Å². The number of rotatable bonds is 2. The SMILES string of the molecule is COCc1cc(=O)c2c(Br)ccc(F)c2[nH]1. The lowest BCUT2D eigenvalue weighted by atomic mass is 10.2. The van der Waals surface area contributed by atoms with Crippen LogP contribution in [0.25, 0.3) is 10.9 Å². The first-order valence-electron chi connectivity index (χ1n) is 4.62. The van der Waals surface area contributed by atoms with Crippen molar-refractivity contribution in [3.05, 3.63) is 44.4 Å². The molecule has 0 aliphatic heterocycles. The average molecular weight is 286 g/mol. The van der Waals surface area contributed by atoms with Gasteiger partial charge in [-0.2, -0.15) is 0 Å². The number of hydrogen-bond acceptors (Lipinski definition) is 2. The van der Waals surface area contributed by atoms with Crippen LogP contribution in [0.5, 0.6) is 0 Å². The third kappa shape index (κ3) is 1.88. The molecular formula is C11H9BrFNO2. The molecule has 0 amide bonds. The second kappa shape index (κ2) is 4.35. The molecule has 0 bridgehead atoms. The van der Waals surface area contributed by atoms with E-state index in [4.69, 9.17) is 4.74 Å². The van der Waals surface area contributed by atoms with Gasteiger partial charge in [0.25, 0.3) is 0 Å². The highest BCUT2D eigenvalue weighted by molar-refractivity contribution is 9.10. The van der Waals surface area contributed by atoms with Gasteiger partial charge in [0.15, 0.2) is 5.43 Å². The third-order valence-corrected chi connectivity index (χ3v) is 2.90. The van der Waals surface area contributed by atoms with Crippen molar-refractivity contribution in [2.24, 2.45) is 0 Å². The van der Waals surface area contributed by atoms with Gasteiger partial charge < -0.3 is 9.72 Å². The Morgan fingerprint density at radius 2 is 2.25 bits per heavy atom. The number of aromatic amines is 1. The molecule has 84 valence electrons. The van der Waals surface area contributed by atoms with E-state index in [0.29, 0.717) is 15.6 Å². The molecule has 2 aromatic rings. The Bertz CT molecular complexity index is 594. The van der Waals surface area contributed by atoms with Gasteiger partial charge in [0.1, 0.15) is 5.82 Å². The Morgan fingerprint density at radius 3 is 2.94 bits per heavy atom. The molecule has 0 aliphatic rings. The molecule has 0 spiro atoms. The Kier molecular flexibility index (Phi) is 3.07. The van der Waals surface area contributed by atoms with Crippen molar-refractivity contribution < 1.29 is 9.13 Å². The molecular weight excluding hydrogens is 277 g/mol. The van der Waals surface area contributed by atoms with Gasteiger partial charge in [-0.1, -0.05) is 0 Å². The molecule has 16 heavy (non-hydrogen) atoms. The monoisotopic (exact) mass is 285 g/mol. The number of methoxy groups -OCH3 is 1. The largest absolute Gasteiger partial charge is 0.378 e. The van der Waals surface area contributed by atoms with Gasteiger partial charge in [-0.15, -0.1) is 0 Å². The summed E-state index contributed by atoms with van der Waals surface area (Å²) < 4.78 is 19.0. The second-order valence-electron chi connectivity index (χ2n) is 3.37. The van der Waals surface area contributed by atoms with Gasteiger partial charge in [-0.05, 0) is 28.1 Å². The van der Waals surface area contributed by atoms with Crippen LogP contribution < -0.4 is 5.43 Å². The lowest BCUT2D eigenvalue weighted by Gasteiger charge is -2.05. The maximum atomic E-state index is 13.5. The van der Waals surface area contributed by atoms with Gasteiger partial charge in [-0.3, -0.25) is 4.79 Å². The minimum absolute atomic E-state index is 0.203. The lowest BCUT2D eigenvalue weighted by Crippen LogP contribution is -2.07. The highest BCUT2D eigenvalue weighted by atomic mass is 79.9. The Balaban J connectivity index is 2.81. The van der Waals surface area contributed by atoms with E-state index in [0.717, 1.165) is 0 Å². The fourth-order valence-corrected chi connectivity index (χ4v) is 2.10. The van der Waals surface area contributed by atoms with Crippen molar-refractivity contribution >= 4 is 26.8 Å². The summed E-state index contributed by atoms with van der Waals surface area (Å²) in [5.74, 6) is -0.451. The van der Waals surface area contributed by atoms with E-state index in [9.17, 15) is 9.18 Å². The number of nitrogens with one attached hydrogen (secondary N) is 1. The topological polar surface area (TPSA) is 42.1 Å². The first kappa shape index (κ1) is 11.3. The van der Waals surface area contributed by atoms with Gasteiger partial charge >= 0.3 is 0 Å². The van der Waals surface area contributed by atoms with Crippen LogP contribution in [0.4, 0.5) is 4.39 Å². The quantitative estimate of drug-likeness (QED) is 0.922. The van der Waals surface area contributed by atoms with Crippen LogP contribution in [0, 0.1) is 5.82 Å². The van der Waals surface area contributed by atoms with E-state index < -0.39 is 5.82 Å². The predicted octanol–water partition coefficient (Wildman–Crippen LogP) is 2.58. The van der Waals surface area contributed by atoms with E-state index in [1.54, 1.807) is 0 Å². The van der Waals surface area contributed by atoms with Crippen molar-refractivity contribution in [1.29, 1.82) is 0 Å². The van der Waals surface area contributed by atoms with Gasteiger partial charge in [0.2, 0.25) is 0 Å². The van der Waals surface area contributed by atoms with Gasteiger partial charge in [0.05, 0.1) is 17.5 Å². The minimum Gasteiger partial charge on any atom is -0.378 e. The number of hydrogen-bond donors (Lipinski definition) is 1. The molecule has 1 heterocycles. The van der Waals surface area contributed by atoms with Crippen LogP contribution >= 0.6 is 15.9 Å². The maximum absolute atomic E-state index is 13.5. The van der Waals surface area contributed by atoms with Crippen LogP contribution in [0.3, 0.4) is 0 Å². The Labute approximate surface area is 99.4 Å². The van der Waals surface area contributed by atoms with Gasteiger partial charge in [0, 0.05) is 23.3 Å². The van der Waals surface area contributed by atoms with Gasteiger partial charge in [-0.25, -0.2) is 4.39 Å². The zero-order chi connectivity index (χ0) is 11.7. The number of ether oxygens (including phenoxy) is 1. The fraction of sp³-hybridized carbons (Fsp3) is 0.182. The van der Waals surface area contributed by atoms with E-state index in [2.05, 4.69) is 20.9 Å². The average Bonchev–Trinajstić information content (AvgIpc) is 2.23. The molecule has 5 heteroatoms. The molecule has 0 fully saturated rings. The Hall–Kier alpha value is -1.20. The number of benzene rings is 1. The number of halogens is 2. The first-order chi connectivity index (χ1) is 7.63. The van der Waals surface area contributed by atoms with E-state index in [1.165, 1.54) is 25.3 Å². The predicted molar refractivity (Wildman–Crippen MR) is 62.9 cm³/mol. The van der Waals surface area contributed by atoms with Crippen LogP contribution in [-0.2, 0) is 11.3 Å².